The second-order valence-electron chi connectivity index (χ2n) is 4.03. The molecule has 12 heavy (non-hydrogen) atoms. The summed E-state index contributed by atoms with van der Waals surface area (Å²) in [5.74, 6) is 5.93. The number of morpholine rings is 1. The summed E-state index contributed by atoms with van der Waals surface area (Å²) in [5.41, 5.74) is 0. The molecular weight excluding hydrogens is 152 g/mol. The van der Waals surface area contributed by atoms with Crippen LogP contribution in [-0.4, -0.2) is 29.8 Å². The molecule has 1 saturated heterocycles. The van der Waals surface area contributed by atoms with Crippen LogP contribution in [-0.2, 0) is 4.74 Å². The van der Waals surface area contributed by atoms with Gasteiger partial charge in [0.2, 0.25) is 0 Å². The number of hydrogen-bond donors (Lipinski definition) is 1. The summed E-state index contributed by atoms with van der Waals surface area (Å²) in [6.07, 6.45) is 5.76. The molecule has 1 aliphatic carbocycles. The Morgan fingerprint density at radius 1 is 1.33 bits per heavy atom. The van der Waals surface area contributed by atoms with Crippen LogP contribution in [0.5, 0.6) is 0 Å². The minimum Gasteiger partial charge on any atom is -0.372 e. The first-order valence-corrected chi connectivity index (χ1v) is 4.94. The lowest BCUT2D eigenvalue weighted by Crippen LogP contribution is -2.58. The van der Waals surface area contributed by atoms with Crippen molar-refractivity contribution in [3.63, 3.8) is 0 Å². The van der Waals surface area contributed by atoms with Crippen LogP contribution in [0.2, 0.25) is 0 Å². The van der Waals surface area contributed by atoms with Crippen LogP contribution >= 0.6 is 0 Å². The molecule has 3 heteroatoms. The molecule has 2 rings (SSSR count). The van der Waals surface area contributed by atoms with Crippen LogP contribution in [0, 0.1) is 0 Å². The van der Waals surface area contributed by atoms with Gasteiger partial charge in [0.1, 0.15) is 0 Å². The zero-order valence-corrected chi connectivity index (χ0v) is 7.70. The lowest BCUT2D eigenvalue weighted by atomic mass is 9.90. The van der Waals surface area contributed by atoms with Crippen molar-refractivity contribution in [3.8, 4) is 0 Å². The molecule has 0 amide bonds. The average molecular weight is 170 g/mol. The SMILES string of the molecule is CC1CN(N)C2CCCCC2O1. The molecule has 0 aromatic carbocycles. The number of fused-ring (bicyclic) bond motifs is 1. The molecule has 1 heterocycles. The minimum absolute atomic E-state index is 0.314. The molecule has 1 saturated carbocycles. The van der Waals surface area contributed by atoms with Gasteiger partial charge in [-0.05, 0) is 19.8 Å². The lowest BCUT2D eigenvalue weighted by molar-refractivity contribution is -0.127. The van der Waals surface area contributed by atoms with E-state index < -0.39 is 0 Å². The van der Waals surface area contributed by atoms with E-state index in [0.29, 0.717) is 18.2 Å². The van der Waals surface area contributed by atoms with Gasteiger partial charge in [-0.2, -0.15) is 0 Å². The fourth-order valence-electron chi connectivity index (χ4n) is 2.39. The van der Waals surface area contributed by atoms with Crippen molar-refractivity contribution < 1.29 is 4.74 Å². The van der Waals surface area contributed by atoms with E-state index >= 15 is 0 Å². The predicted molar refractivity (Wildman–Crippen MR) is 47.5 cm³/mol. The molecular formula is C9H18N2O. The van der Waals surface area contributed by atoms with E-state index in [1.807, 2.05) is 5.01 Å². The summed E-state index contributed by atoms with van der Waals surface area (Å²) >= 11 is 0. The largest absolute Gasteiger partial charge is 0.372 e. The smallest absolute Gasteiger partial charge is 0.0748 e. The van der Waals surface area contributed by atoms with Crippen molar-refractivity contribution >= 4 is 0 Å². The van der Waals surface area contributed by atoms with Crippen molar-refractivity contribution in [2.75, 3.05) is 6.54 Å². The summed E-state index contributed by atoms with van der Waals surface area (Å²) in [4.78, 5) is 0. The molecule has 0 radical (unpaired) electrons. The third kappa shape index (κ3) is 1.49. The van der Waals surface area contributed by atoms with E-state index in [0.717, 1.165) is 6.54 Å². The van der Waals surface area contributed by atoms with Gasteiger partial charge < -0.3 is 4.74 Å². The van der Waals surface area contributed by atoms with E-state index in [2.05, 4.69) is 6.92 Å². The molecule has 2 fully saturated rings. The highest BCUT2D eigenvalue weighted by molar-refractivity contribution is 4.86. The summed E-state index contributed by atoms with van der Waals surface area (Å²) in [7, 11) is 0. The van der Waals surface area contributed by atoms with Crippen LogP contribution in [0.4, 0.5) is 0 Å². The molecule has 3 unspecified atom stereocenters. The van der Waals surface area contributed by atoms with E-state index in [1.165, 1.54) is 25.7 Å². The highest BCUT2D eigenvalue weighted by atomic mass is 16.5. The number of nitrogens with zero attached hydrogens (tertiary/aromatic N) is 1. The third-order valence-corrected chi connectivity index (χ3v) is 2.97. The Hall–Kier alpha value is -0.120. The summed E-state index contributed by atoms with van der Waals surface area (Å²) in [5, 5.41) is 1.98. The quantitative estimate of drug-likeness (QED) is 0.549. The average Bonchev–Trinajstić information content (AvgIpc) is 2.04. The summed E-state index contributed by atoms with van der Waals surface area (Å²) in [6, 6.07) is 0.495. The number of nitrogens with two attached hydrogens (primary N) is 1. The van der Waals surface area contributed by atoms with E-state index in [1.54, 1.807) is 0 Å². The second-order valence-corrected chi connectivity index (χ2v) is 4.03. The third-order valence-electron chi connectivity index (χ3n) is 2.97. The molecule has 3 nitrogen and oxygen atoms in total. The van der Waals surface area contributed by atoms with Crippen LogP contribution in [0.3, 0.4) is 0 Å². The standard InChI is InChI=1S/C9H18N2O/c1-7-6-11(10)8-4-2-3-5-9(8)12-7/h7-9H,2-6,10H2,1H3. The second kappa shape index (κ2) is 3.32. The number of hydrazine groups is 1. The van der Waals surface area contributed by atoms with Gasteiger partial charge in [-0.25, -0.2) is 5.01 Å². The van der Waals surface area contributed by atoms with Crippen molar-refractivity contribution in [3.05, 3.63) is 0 Å². The molecule has 1 aliphatic heterocycles. The molecule has 0 aromatic heterocycles. The van der Waals surface area contributed by atoms with Gasteiger partial charge in [0, 0.05) is 6.54 Å². The first kappa shape index (κ1) is 8.48. The molecule has 3 atom stereocenters. The maximum atomic E-state index is 5.93. The fraction of sp³-hybridized carbons (Fsp3) is 1.00. The van der Waals surface area contributed by atoms with Gasteiger partial charge in [0.05, 0.1) is 18.2 Å². The summed E-state index contributed by atoms with van der Waals surface area (Å²) < 4.78 is 5.84. The van der Waals surface area contributed by atoms with Crippen molar-refractivity contribution in [2.24, 2.45) is 5.84 Å². The highest BCUT2D eigenvalue weighted by Crippen LogP contribution is 2.28. The molecule has 0 spiro atoms. The van der Waals surface area contributed by atoms with Gasteiger partial charge >= 0.3 is 0 Å². The van der Waals surface area contributed by atoms with Crippen molar-refractivity contribution in [2.45, 2.75) is 50.9 Å². The highest BCUT2D eigenvalue weighted by Gasteiger charge is 2.35. The molecule has 2 aliphatic rings. The first-order valence-electron chi connectivity index (χ1n) is 4.94. The topological polar surface area (TPSA) is 38.5 Å². The normalized spacial score (nSPS) is 44.0. The zero-order valence-electron chi connectivity index (χ0n) is 7.70. The predicted octanol–water partition coefficient (Wildman–Crippen LogP) is 0.892. The van der Waals surface area contributed by atoms with Gasteiger partial charge in [-0.1, -0.05) is 12.8 Å². The minimum atomic E-state index is 0.314. The van der Waals surface area contributed by atoms with Gasteiger partial charge in [-0.15, -0.1) is 0 Å². The zero-order chi connectivity index (χ0) is 8.55. The monoisotopic (exact) mass is 170 g/mol. The van der Waals surface area contributed by atoms with Crippen LogP contribution in [0.15, 0.2) is 0 Å². The maximum absolute atomic E-state index is 5.93. The molecule has 0 bridgehead atoms. The maximum Gasteiger partial charge on any atom is 0.0748 e. The van der Waals surface area contributed by atoms with E-state index in [-0.39, 0.29) is 0 Å². The number of rotatable bonds is 0. The Balaban J connectivity index is 2.01. The van der Waals surface area contributed by atoms with Gasteiger partial charge in [0.15, 0.2) is 0 Å². The molecule has 2 N–H and O–H groups in total. The molecule has 70 valence electrons. The van der Waals surface area contributed by atoms with Gasteiger partial charge in [0.25, 0.3) is 0 Å². The Morgan fingerprint density at radius 3 is 2.92 bits per heavy atom. The van der Waals surface area contributed by atoms with Crippen molar-refractivity contribution in [1.29, 1.82) is 0 Å². The van der Waals surface area contributed by atoms with E-state index in [4.69, 9.17) is 10.6 Å². The van der Waals surface area contributed by atoms with Crippen LogP contribution in [0.1, 0.15) is 32.6 Å². The molecule has 0 aromatic rings. The van der Waals surface area contributed by atoms with E-state index in [9.17, 15) is 0 Å². The Labute approximate surface area is 73.8 Å². The Kier molecular flexibility index (Phi) is 2.35. The lowest BCUT2D eigenvalue weighted by Gasteiger charge is -2.44. The van der Waals surface area contributed by atoms with Crippen LogP contribution < -0.4 is 5.84 Å². The fourth-order valence-corrected chi connectivity index (χ4v) is 2.39. The Morgan fingerprint density at radius 2 is 2.08 bits per heavy atom. The van der Waals surface area contributed by atoms with Crippen molar-refractivity contribution in [1.82, 2.24) is 5.01 Å². The van der Waals surface area contributed by atoms with Crippen LogP contribution in [0.25, 0.3) is 0 Å². The number of hydrogen-bond acceptors (Lipinski definition) is 3. The number of ether oxygens (including phenoxy) is 1. The first-order chi connectivity index (χ1) is 5.77. The Bertz CT molecular complexity index is 163. The summed E-state index contributed by atoms with van der Waals surface area (Å²) in [6.45, 7) is 2.99. The van der Waals surface area contributed by atoms with Gasteiger partial charge in [-0.3, -0.25) is 5.84 Å².